The van der Waals surface area contributed by atoms with Gasteiger partial charge >= 0.3 is 5.97 Å². The third kappa shape index (κ3) is 3.11. The Hall–Kier alpha value is -1.18. The molecule has 0 unspecified atom stereocenters. The van der Waals surface area contributed by atoms with Crippen LogP contribution in [0.2, 0.25) is 0 Å². The van der Waals surface area contributed by atoms with Gasteiger partial charge in [0.1, 0.15) is 10.4 Å². The molecule has 4 nitrogen and oxygen atoms in total. The predicted molar refractivity (Wildman–Crippen MR) is 85.7 cm³/mol. The fourth-order valence-corrected chi connectivity index (χ4v) is 3.97. The number of amides is 1. The molecule has 1 aliphatic heterocycles. The van der Waals surface area contributed by atoms with Crippen LogP contribution in [0.25, 0.3) is 6.08 Å². The van der Waals surface area contributed by atoms with Gasteiger partial charge in [0.2, 0.25) is 0 Å². The molecule has 0 aliphatic carbocycles. The zero-order valence-corrected chi connectivity index (χ0v) is 13.2. The lowest BCUT2D eigenvalue weighted by Gasteiger charge is -2.22. The Labute approximate surface area is 130 Å². The van der Waals surface area contributed by atoms with Crippen molar-refractivity contribution in [2.24, 2.45) is 0 Å². The summed E-state index contributed by atoms with van der Waals surface area (Å²) in [5, 5.41) is 11.2. The number of thiocarbonyl (C=S) groups is 1. The molecule has 0 saturated carbocycles. The number of rotatable bonds is 5. The first-order chi connectivity index (χ1) is 9.54. The lowest BCUT2D eigenvalue weighted by Crippen LogP contribution is -2.43. The van der Waals surface area contributed by atoms with E-state index in [0.717, 1.165) is 16.6 Å². The first-order valence-electron chi connectivity index (χ1n) is 6.08. The van der Waals surface area contributed by atoms with Gasteiger partial charge in [0.05, 0.1) is 4.91 Å². The molecule has 2 rings (SSSR count). The maximum atomic E-state index is 12.4. The highest BCUT2D eigenvalue weighted by molar-refractivity contribution is 8.26. The summed E-state index contributed by atoms with van der Waals surface area (Å²) in [7, 11) is 0. The van der Waals surface area contributed by atoms with Crippen molar-refractivity contribution < 1.29 is 14.7 Å². The van der Waals surface area contributed by atoms with Crippen LogP contribution < -0.4 is 0 Å². The van der Waals surface area contributed by atoms with Gasteiger partial charge < -0.3 is 5.11 Å². The van der Waals surface area contributed by atoms with Crippen LogP contribution in [0, 0.1) is 0 Å². The molecular weight excluding hydrogens is 314 g/mol. The quantitative estimate of drug-likeness (QED) is 0.665. The number of aliphatic carboxylic acids is 1. The third-order valence-electron chi connectivity index (χ3n) is 2.80. The Balaban J connectivity index is 2.26. The number of carboxylic acid groups (broad SMARTS) is 1. The molecule has 7 heteroatoms. The molecule has 1 fully saturated rings. The number of carboxylic acids is 1. The normalized spacial score (nSPS) is 18.9. The number of hydrogen-bond donors (Lipinski definition) is 1. The third-order valence-corrected chi connectivity index (χ3v) is 4.95. The highest BCUT2D eigenvalue weighted by Crippen LogP contribution is 2.35. The van der Waals surface area contributed by atoms with Crippen molar-refractivity contribution in [3.05, 3.63) is 27.3 Å². The SMILES string of the molecule is CCC[C@@H](C(=O)O)N1C(=O)C(=Cc2cccs2)SC1=S. The fourth-order valence-electron chi connectivity index (χ4n) is 1.89. The van der Waals surface area contributed by atoms with E-state index < -0.39 is 12.0 Å². The van der Waals surface area contributed by atoms with E-state index in [1.165, 1.54) is 16.2 Å². The van der Waals surface area contributed by atoms with Crippen molar-refractivity contribution in [3.63, 3.8) is 0 Å². The molecule has 1 atom stereocenters. The number of carbonyl (C=O) groups is 2. The summed E-state index contributed by atoms with van der Waals surface area (Å²) in [5.41, 5.74) is 0. The van der Waals surface area contributed by atoms with Gasteiger partial charge in [-0.05, 0) is 23.9 Å². The average Bonchev–Trinajstić information content (AvgIpc) is 2.98. The molecule has 1 aliphatic rings. The van der Waals surface area contributed by atoms with Gasteiger partial charge in [0.25, 0.3) is 5.91 Å². The van der Waals surface area contributed by atoms with Crippen molar-refractivity contribution in [1.29, 1.82) is 0 Å². The Morgan fingerprint density at radius 3 is 2.90 bits per heavy atom. The number of nitrogens with zero attached hydrogens (tertiary/aromatic N) is 1. The Morgan fingerprint density at radius 2 is 2.35 bits per heavy atom. The first kappa shape index (κ1) is 15.2. The zero-order chi connectivity index (χ0) is 14.7. The predicted octanol–water partition coefficient (Wildman–Crippen LogP) is 3.20. The second-order valence-corrected chi connectivity index (χ2v) is 6.86. The van der Waals surface area contributed by atoms with E-state index in [1.54, 1.807) is 6.08 Å². The largest absolute Gasteiger partial charge is 0.480 e. The standard InChI is InChI=1S/C13H13NO3S3/c1-2-4-9(12(16)17)14-11(15)10(20-13(14)18)7-8-5-3-6-19-8/h3,5-7,9H,2,4H2,1H3,(H,16,17)/t9-/m0/s1. The van der Waals surface area contributed by atoms with Crippen molar-refractivity contribution in [2.75, 3.05) is 0 Å². The van der Waals surface area contributed by atoms with E-state index in [9.17, 15) is 14.7 Å². The molecule has 1 N–H and O–H groups in total. The molecule has 0 spiro atoms. The van der Waals surface area contributed by atoms with Crippen molar-refractivity contribution in [3.8, 4) is 0 Å². The molecule has 1 aromatic heterocycles. The van der Waals surface area contributed by atoms with Crippen LogP contribution in [-0.2, 0) is 9.59 Å². The summed E-state index contributed by atoms with van der Waals surface area (Å²) in [5.74, 6) is -1.32. The van der Waals surface area contributed by atoms with Crippen LogP contribution in [-0.4, -0.2) is 32.2 Å². The van der Waals surface area contributed by atoms with Crippen LogP contribution in [0.3, 0.4) is 0 Å². The maximum absolute atomic E-state index is 12.4. The number of hydrogen-bond acceptors (Lipinski definition) is 5. The summed E-state index contributed by atoms with van der Waals surface area (Å²) in [6.07, 6.45) is 2.83. The highest BCUT2D eigenvalue weighted by Gasteiger charge is 2.39. The Kier molecular flexibility index (Phi) is 4.95. The summed E-state index contributed by atoms with van der Waals surface area (Å²) < 4.78 is 0.318. The molecule has 1 aromatic rings. The number of carbonyl (C=O) groups excluding carboxylic acids is 1. The summed E-state index contributed by atoms with van der Waals surface area (Å²) in [4.78, 5) is 26.3. The summed E-state index contributed by atoms with van der Waals surface area (Å²) in [6.45, 7) is 1.88. The second kappa shape index (κ2) is 6.51. The molecule has 0 aromatic carbocycles. The minimum absolute atomic E-state index is 0.311. The van der Waals surface area contributed by atoms with Crippen LogP contribution in [0.4, 0.5) is 0 Å². The van der Waals surface area contributed by atoms with Gasteiger partial charge in [-0.25, -0.2) is 4.79 Å². The van der Waals surface area contributed by atoms with E-state index in [2.05, 4.69) is 0 Å². The average molecular weight is 327 g/mol. The van der Waals surface area contributed by atoms with Crippen LogP contribution >= 0.6 is 35.3 Å². The molecule has 0 radical (unpaired) electrons. The van der Waals surface area contributed by atoms with Crippen LogP contribution in [0.15, 0.2) is 22.4 Å². The molecule has 1 amide bonds. The molecule has 20 heavy (non-hydrogen) atoms. The van der Waals surface area contributed by atoms with Gasteiger partial charge in [-0.3, -0.25) is 9.69 Å². The fraction of sp³-hybridized carbons (Fsp3) is 0.308. The van der Waals surface area contributed by atoms with Crippen molar-refractivity contribution >= 4 is 57.6 Å². The molecule has 1 saturated heterocycles. The highest BCUT2D eigenvalue weighted by atomic mass is 32.2. The van der Waals surface area contributed by atoms with Crippen molar-refractivity contribution in [2.45, 2.75) is 25.8 Å². The van der Waals surface area contributed by atoms with Gasteiger partial charge in [-0.2, -0.15) is 0 Å². The lowest BCUT2D eigenvalue weighted by atomic mass is 10.1. The maximum Gasteiger partial charge on any atom is 0.326 e. The zero-order valence-electron chi connectivity index (χ0n) is 10.7. The smallest absolute Gasteiger partial charge is 0.326 e. The van der Waals surface area contributed by atoms with Gasteiger partial charge in [0.15, 0.2) is 0 Å². The molecule has 2 heterocycles. The van der Waals surface area contributed by atoms with Gasteiger partial charge in [-0.15, -0.1) is 11.3 Å². The second-order valence-electron chi connectivity index (χ2n) is 4.21. The van der Waals surface area contributed by atoms with E-state index in [4.69, 9.17) is 12.2 Å². The topological polar surface area (TPSA) is 57.6 Å². The first-order valence-corrected chi connectivity index (χ1v) is 8.18. The summed E-state index contributed by atoms with van der Waals surface area (Å²) >= 11 is 7.85. The molecule has 0 bridgehead atoms. The van der Waals surface area contributed by atoms with Crippen molar-refractivity contribution in [1.82, 2.24) is 4.90 Å². The Bertz CT molecular complexity index is 565. The van der Waals surface area contributed by atoms with Crippen LogP contribution in [0.1, 0.15) is 24.6 Å². The van der Waals surface area contributed by atoms with Gasteiger partial charge in [-0.1, -0.05) is 43.4 Å². The monoisotopic (exact) mass is 327 g/mol. The lowest BCUT2D eigenvalue weighted by molar-refractivity contribution is -0.145. The molecule has 106 valence electrons. The number of thiophene rings is 1. The Morgan fingerprint density at radius 1 is 1.60 bits per heavy atom. The summed E-state index contributed by atoms with van der Waals surface area (Å²) in [6, 6.07) is 2.92. The number of thioether (sulfide) groups is 1. The van der Waals surface area contributed by atoms with E-state index in [1.807, 2.05) is 24.4 Å². The van der Waals surface area contributed by atoms with E-state index >= 15 is 0 Å². The van der Waals surface area contributed by atoms with Crippen LogP contribution in [0.5, 0.6) is 0 Å². The van der Waals surface area contributed by atoms with Gasteiger partial charge in [0, 0.05) is 4.88 Å². The minimum Gasteiger partial charge on any atom is -0.480 e. The van der Waals surface area contributed by atoms with E-state index in [0.29, 0.717) is 22.1 Å². The van der Waals surface area contributed by atoms with E-state index in [-0.39, 0.29) is 5.91 Å². The minimum atomic E-state index is -1.01. The molecular formula is C13H13NO3S3.